The molecular formula is C15H12F3N3OS. The number of fused-ring (bicyclic) bond motifs is 1. The molecule has 0 aliphatic carbocycles. The Labute approximate surface area is 132 Å². The number of H-pyrrole nitrogens is 1. The van der Waals surface area contributed by atoms with Gasteiger partial charge in [-0.05, 0) is 12.1 Å². The maximum absolute atomic E-state index is 12.7. The number of hydrogen-bond donors (Lipinski definition) is 1. The van der Waals surface area contributed by atoms with E-state index in [1.54, 1.807) is 31.2 Å². The topological polar surface area (TPSA) is 58.6 Å². The van der Waals surface area contributed by atoms with Crippen LogP contribution in [0.2, 0.25) is 0 Å². The van der Waals surface area contributed by atoms with Crippen molar-refractivity contribution in [3.8, 4) is 11.4 Å². The van der Waals surface area contributed by atoms with E-state index in [1.807, 2.05) is 0 Å². The van der Waals surface area contributed by atoms with Gasteiger partial charge in [-0.3, -0.25) is 4.21 Å². The number of aromatic nitrogens is 3. The molecule has 1 atom stereocenters. The van der Waals surface area contributed by atoms with Crippen molar-refractivity contribution in [2.45, 2.75) is 18.0 Å². The highest BCUT2D eigenvalue weighted by molar-refractivity contribution is 7.85. The van der Waals surface area contributed by atoms with E-state index in [2.05, 4.69) is 15.0 Å². The first-order valence-electron chi connectivity index (χ1n) is 6.81. The Kier molecular flexibility index (Phi) is 3.93. The number of halogens is 3. The molecule has 0 saturated heterocycles. The minimum Gasteiger partial charge on any atom is -0.337 e. The lowest BCUT2D eigenvalue weighted by atomic mass is 10.2. The van der Waals surface area contributed by atoms with Gasteiger partial charge in [0.1, 0.15) is 5.82 Å². The number of benzene rings is 1. The molecule has 0 aliphatic rings. The molecule has 3 rings (SSSR count). The molecule has 0 spiro atoms. The summed E-state index contributed by atoms with van der Waals surface area (Å²) in [5.74, 6) is 0.789. The van der Waals surface area contributed by atoms with Gasteiger partial charge in [0.25, 0.3) is 0 Å². The van der Waals surface area contributed by atoms with Crippen molar-refractivity contribution in [2.75, 3.05) is 5.75 Å². The SMILES string of the molecule is CCS(=O)c1ccccc1-c1nc2ncc(C(F)(F)F)cc2[nH]1. The number of imidazole rings is 1. The zero-order valence-corrected chi connectivity index (χ0v) is 12.8. The summed E-state index contributed by atoms with van der Waals surface area (Å²) in [4.78, 5) is 11.4. The third kappa shape index (κ3) is 2.98. The predicted octanol–water partition coefficient (Wildman–Crippen LogP) is 3.77. The summed E-state index contributed by atoms with van der Waals surface area (Å²) in [7, 11) is -1.20. The highest BCUT2D eigenvalue weighted by Gasteiger charge is 2.31. The molecule has 4 nitrogen and oxygen atoms in total. The van der Waals surface area contributed by atoms with E-state index in [4.69, 9.17) is 0 Å². The molecule has 0 bridgehead atoms. The second-order valence-electron chi connectivity index (χ2n) is 4.81. The second-order valence-corrected chi connectivity index (χ2v) is 6.52. The Bertz CT molecular complexity index is 889. The number of nitrogens with zero attached hydrogens (tertiary/aromatic N) is 2. The van der Waals surface area contributed by atoms with Gasteiger partial charge in [0.05, 0.1) is 21.9 Å². The van der Waals surface area contributed by atoms with Gasteiger partial charge in [-0.2, -0.15) is 13.2 Å². The highest BCUT2D eigenvalue weighted by Crippen LogP contribution is 2.31. The van der Waals surface area contributed by atoms with Crippen LogP contribution >= 0.6 is 0 Å². The van der Waals surface area contributed by atoms with Crippen LogP contribution in [-0.4, -0.2) is 24.9 Å². The number of pyridine rings is 1. The largest absolute Gasteiger partial charge is 0.417 e. The van der Waals surface area contributed by atoms with Crippen LogP contribution in [0, 0.1) is 0 Å². The van der Waals surface area contributed by atoms with Gasteiger partial charge in [0, 0.05) is 22.4 Å². The summed E-state index contributed by atoms with van der Waals surface area (Å²) < 4.78 is 50.4. The Morgan fingerprint density at radius 2 is 2.00 bits per heavy atom. The third-order valence-corrected chi connectivity index (χ3v) is 4.69. The van der Waals surface area contributed by atoms with Crippen LogP contribution in [0.15, 0.2) is 41.4 Å². The maximum atomic E-state index is 12.7. The van der Waals surface area contributed by atoms with Crippen molar-refractivity contribution in [3.63, 3.8) is 0 Å². The van der Waals surface area contributed by atoms with E-state index in [0.29, 0.717) is 22.0 Å². The standard InChI is InChI=1S/C15H12F3N3OS/c1-2-23(22)12-6-4-3-5-10(12)13-20-11-7-9(15(16,17)18)8-19-14(11)21-13/h3-8H,2H2,1H3,(H,19,20,21). The predicted molar refractivity (Wildman–Crippen MR) is 81.3 cm³/mol. The average molecular weight is 339 g/mol. The molecule has 120 valence electrons. The summed E-state index contributed by atoms with van der Waals surface area (Å²) >= 11 is 0. The first-order chi connectivity index (χ1) is 10.9. The van der Waals surface area contributed by atoms with Gasteiger partial charge >= 0.3 is 6.18 Å². The Morgan fingerprint density at radius 3 is 2.70 bits per heavy atom. The zero-order valence-electron chi connectivity index (χ0n) is 12.0. The lowest BCUT2D eigenvalue weighted by molar-refractivity contribution is -0.137. The average Bonchev–Trinajstić information content (AvgIpc) is 2.96. The minimum absolute atomic E-state index is 0.185. The Morgan fingerprint density at radius 1 is 1.26 bits per heavy atom. The normalized spacial score (nSPS) is 13.4. The highest BCUT2D eigenvalue weighted by atomic mass is 32.2. The first kappa shape index (κ1) is 15.7. The summed E-state index contributed by atoms with van der Waals surface area (Å²) in [5, 5.41) is 0. The van der Waals surface area contributed by atoms with Crippen molar-refractivity contribution < 1.29 is 17.4 Å². The molecule has 1 unspecified atom stereocenters. The Hall–Kier alpha value is -2.22. The van der Waals surface area contributed by atoms with Gasteiger partial charge in [-0.1, -0.05) is 25.1 Å². The van der Waals surface area contributed by atoms with Crippen LogP contribution in [-0.2, 0) is 17.0 Å². The van der Waals surface area contributed by atoms with Gasteiger partial charge in [-0.25, -0.2) is 9.97 Å². The van der Waals surface area contributed by atoms with Crippen molar-refractivity contribution in [1.29, 1.82) is 0 Å². The zero-order chi connectivity index (χ0) is 16.6. The van der Waals surface area contributed by atoms with Crippen LogP contribution in [0.3, 0.4) is 0 Å². The number of alkyl halides is 3. The fourth-order valence-corrected chi connectivity index (χ4v) is 3.15. The van der Waals surface area contributed by atoms with Crippen LogP contribution < -0.4 is 0 Å². The summed E-state index contributed by atoms with van der Waals surface area (Å²) in [6, 6.07) is 7.93. The van der Waals surface area contributed by atoms with Crippen LogP contribution in [0.25, 0.3) is 22.6 Å². The smallest absolute Gasteiger partial charge is 0.337 e. The van der Waals surface area contributed by atoms with Crippen molar-refractivity contribution in [2.24, 2.45) is 0 Å². The molecule has 3 aromatic rings. The van der Waals surface area contributed by atoms with Gasteiger partial charge in [0.2, 0.25) is 0 Å². The van der Waals surface area contributed by atoms with Crippen LogP contribution in [0.5, 0.6) is 0 Å². The second kappa shape index (κ2) is 5.77. The quantitative estimate of drug-likeness (QED) is 0.790. The van der Waals surface area contributed by atoms with Crippen molar-refractivity contribution in [3.05, 3.63) is 42.1 Å². The molecule has 2 aromatic heterocycles. The monoisotopic (exact) mass is 339 g/mol. The van der Waals surface area contributed by atoms with E-state index in [0.717, 1.165) is 12.3 Å². The van der Waals surface area contributed by atoms with Gasteiger partial charge in [0.15, 0.2) is 5.65 Å². The molecule has 2 heterocycles. The molecule has 0 fully saturated rings. The van der Waals surface area contributed by atoms with Crippen LogP contribution in [0.1, 0.15) is 12.5 Å². The first-order valence-corrected chi connectivity index (χ1v) is 8.12. The molecule has 0 amide bonds. The molecule has 23 heavy (non-hydrogen) atoms. The lowest BCUT2D eigenvalue weighted by Gasteiger charge is -2.05. The summed E-state index contributed by atoms with van der Waals surface area (Å²) in [6.07, 6.45) is -3.71. The molecular weight excluding hydrogens is 327 g/mol. The lowest BCUT2D eigenvalue weighted by Crippen LogP contribution is -2.05. The van der Waals surface area contributed by atoms with Gasteiger partial charge in [-0.15, -0.1) is 0 Å². The van der Waals surface area contributed by atoms with E-state index >= 15 is 0 Å². The van der Waals surface area contributed by atoms with E-state index < -0.39 is 22.5 Å². The van der Waals surface area contributed by atoms with Crippen molar-refractivity contribution in [1.82, 2.24) is 15.0 Å². The molecule has 0 radical (unpaired) electrons. The third-order valence-electron chi connectivity index (χ3n) is 3.31. The van der Waals surface area contributed by atoms with Crippen molar-refractivity contribution >= 4 is 22.0 Å². The molecule has 1 N–H and O–H groups in total. The number of rotatable bonds is 3. The Balaban J connectivity index is 2.13. The molecule has 0 saturated carbocycles. The van der Waals surface area contributed by atoms with E-state index in [-0.39, 0.29) is 11.2 Å². The van der Waals surface area contributed by atoms with E-state index in [9.17, 15) is 17.4 Å². The van der Waals surface area contributed by atoms with Gasteiger partial charge < -0.3 is 4.98 Å². The minimum atomic E-state index is -4.46. The molecule has 0 aliphatic heterocycles. The summed E-state index contributed by atoms with van der Waals surface area (Å²) in [6.45, 7) is 1.79. The fraction of sp³-hybridized carbons (Fsp3) is 0.200. The van der Waals surface area contributed by atoms with Crippen LogP contribution in [0.4, 0.5) is 13.2 Å². The number of nitrogens with one attached hydrogen (secondary N) is 1. The number of hydrogen-bond acceptors (Lipinski definition) is 3. The molecule has 8 heteroatoms. The number of aromatic amines is 1. The van der Waals surface area contributed by atoms with E-state index in [1.165, 1.54) is 0 Å². The summed E-state index contributed by atoms with van der Waals surface area (Å²) in [5.41, 5.74) is 0.127. The molecule has 1 aromatic carbocycles. The fourth-order valence-electron chi connectivity index (χ4n) is 2.20. The maximum Gasteiger partial charge on any atom is 0.417 e.